The first-order valence-electron chi connectivity index (χ1n) is 6.71. The largest absolute Gasteiger partial charge is 0.391 e. The number of hydrogen-bond donors (Lipinski definition) is 3. The predicted octanol–water partition coefficient (Wildman–Crippen LogP) is 0.942. The van der Waals surface area contributed by atoms with Crippen molar-refractivity contribution in [2.45, 2.75) is 44.2 Å². The zero-order valence-electron chi connectivity index (χ0n) is 11.1. The van der Waals surface area contributed by atoms with Crippen LogP contribution in [0.3, 0.4) is 0 Å². The number of aromatic nitrogens is 2. The van der Waals surface area contributed by atoms with Gasteiger partial charge >= 0.3 is 0 Å². The van der Waals surface area contributed by atoms with Gasteiger partial charge in [-0.3, -0.25) is 4.79 Å². The minimum absolute atomic E-state index is 0.0163. The summed E-state index contributed by atoms with van der Waals surface area (Å²) in [7, 11) is 1.55. The summed E-state index contributed by atoms with van der Waals surface area (Å²) in [6.45, 7) is 0. The van der Waals surface area contributed by atoms with E-state index < -0.39 is 0 Å². The molecule has 2 rings (SSSR count). The Morgan fingerprint density at radius 1 is 1.26 bits per heavy atom. The summed E-state index contributed by atoms with van der Waals surface area (Å²) in [6, 6.07) is 3.36. The monoisotopic (exact) mass is 264 g/mol. The lowest BCUT2D eigenvalue weighted by atomic mass is 10.1. The third kappa shape index (κ3) is 3.64. The number of aliphatic hydroxyl groups excluding tert-OH is 1. The molecule has 3 N–H and O–H groups in total. The van der Waals surface area contributed by atoms with E-state index in [0.29, 0.717) is 5.82 Å². The first-order valence-corrected chi connectivity index (χ1v) is 6.71. The van der Waals surface area contributed by atoms with Crippen LogP contribution in [0.15, 0.2) is 12.1 Å². The lowest BCUT2D eigenvalue weighted by Crippen LogP contribution is -2.33. The lowest BCUT2D eigenvalue weighted by Gasteiger charge is -2.21. The van der Waals surface area contributed by atoms with Crippen LogP contribution in [-0.2, 0) is 0 Å². The molecule has 104 valence electrons. The van der Waals surface area contributed by atoms with Crippen LogP contribution < -0.4 is 10.6 Å². The highest BCUT2D eigenvalue weighted by Crippen LogP contribution is 2.20. The maximum absolute atomic E-state index is 11.3. The fourth-order valence-corrected chi connectivity index (χ4v) is 2.30. The van der Waals surface area contributed by atoms with Crippen LogP contribution in [0.4, 0.5) is 5.82 Å². The number of carbonyl (C=O) groups is 1. The molecular formula is C13H20N4O2. The molecule has 6 heteroatoms. The van der Waals surface area contributed by atoms with Gasteiger partial charge < -0.3 is 15.7 Å². The molecule has 19 heavy (non-hydrogen) atoms. The summed E-state index contributed by atoms with van der Waals surface area (Å²) in [6.07, 6.45) is 4.75. The molecule has 0 bridgehead atoms. The van der Waals surface area contributed by atoms with Crippen LogP contribution in [0.25, 0.3) is 0 Å². The second kappa shape index (κ2) is 6.47. The van der Waals surface area contributed by atoms with Crippen molar-refractivity contribution in [2.75, 3.05) is 12.4 Å². The summed E-state index contributed by atoms with van der Waals surface area (Å²) < 4.78 is 0. The maximum Gasteiger partial charge on any atom is 0.271 e. The highest BCUT2D eigenvalue weighted by molar-refractivity contribution is 5.91. The number of carbonyl (C=O) groups excluding carboxylic acids is 1. The van der Waals surface area contributed by atoms with Gasteiger partial charge in [-0.05, 0) is 25.0 Å². The van der Waals surface area contributed by atoms with Gasteiger partial charge in [-0.1, -0.05) is 19.3 Å². The predicted molar refractivity (Wildman–Crippen MR) is 71.9 cm³/mol. The van der Waals surface area contributed by atoms with Gasteiger partial charge in [0.25, 0.3) is 5.91 Å². The maximum atomic E-state index is 11.3. The van der Waals surface area contributed by atoms with E-state index in [9.17, 15) is 9.90 Å². The fourth-order valence-electron chi connectivity index (χ4n) is 2.30. The molecule has 0 spiro atoms. The van der Waals surface area contributed by atoms with Gasteiger partial charge in [-0.25, -0.2) is 0 Å². The molecule has 6 nitrogen and oxygen atoms in total. The number of nitrogens with one attached hydrogen (secondary N) is 2. The Balaban J connectivity index is 2.00. The van der Waals surface area contributed by atoms with Crippen molar-refractivity contribution in [1.29, 1.82) is 0 Å². The number of rotatable bonds is 3. The van der Waals surface area contributed by atoms with Gasteiger partial charge in [0.2, 0.25) is 0 Å². The van der Waals surface area contributed by atoms with Gasteiger partial charge in [0, 0.05) is 7.05 Å². The van der Waals surface area contributed by atoms with Crippen molar-refractivity contribution in [3.63, 3.8) is 0 Å². The van der Waals surface area contributed by atoms with Crippen LogP contribution in [0, 0.1) is 0 Å². The smallest absolute Gasteiger partial charge is 0.271 e. The topological polar surface area (TPSA) is 87.1 Å². The minimum Gasteiger partial charge on any atom is -0.391 e. The number of aliphatic hydroxyl groups is 1. The van der Waals surface area contributed by atoms with Crippen molar-refractivity contribution in [3.05, 3.63) is 17.8 Å². The van der Waals surface area contributed by atoms with Gasteiger partial charge in [0.1, 0.15) is 5.82 Å². The quantitative estimate of drug-likeness (QED) is 0.707. The van der Waals surface area contributed by atoms with Crippen LogP contribution in [-0.4, -0.2) is 40.4 Å². The molecule has 1 amide bonds. The highest BCUT2D eigenvalue weighted by atomic mass is 16.3. The van der Waals surface area contributed by atoms with Gasteiger partial charge in [-0.15, -0.1) is 10.2 Å². The van der Waals surface area contributed by atoms with Crippen LogP contribution in [0.2, 0.25) is 0 Å². The fraction of sp³-hybridized carbons (Fsp3) is 0.615. The van der Waals surface area contributed by atoms with E-state index in [1.165, 1.54) is 0 Å². The zero-order valence-corrected chi connectivity index (χ0v) is 11.1. The Hall–Kier alpha value is -1.69. The van der Waals surface area contributed by atoms with Crippen LogP contribution >= 0.6 is 0 Å². The van der Waals surface area contributed by atoms with Crippen LogP contribution in [0.5, 0.6) is 0 Å². The summed E-state index contributed by atoms with van der Waals surface area (Å²) >= 11 is 0. The van der Waals surface area contributed by atoms with Gasteiger partial charge in [0.15, 0.2) is 5.69 Å². The van der Waals surface area contributed by atoms with Crippen molar-refractivity contribution in [3.8, 4) is 0 Å². The van der Waals surface area contributed by atoms with Crippen molar-refractivity contribution in [1.82, 2.24) is 15.5 Å². The van der Waals surface area contributed by atoms with Crippen molar-refractivity contribution < 1.29 is 9.90 Å². The number of amides is 1. The van der Waals surface area contributed by atoms with E-state index >= 15 is 0 Å². The van der Waals surface area contributed by atoms with Gasteiger partial charge in [0.05, 0.1) is 12.1 Å². The molecule has 0 aromatic carbocycles. The third-order valence-electron chi connectivity index (χ3n) is 3.44. The lowest BCUT2D eigenvalue weighted by molar-refractivity contribution is 0.0957. The molecule has 2 unspecified atom stereocenters. The molecule has 1 aliphatic rings. The molecule has 0 radical (unpaired) electrons. The average Bonchev–Trinajstić information content (AvgIpc) is 2.64. The van der Waals surface area contributed by atoms with E-state index in [-0.39, 0.29) is 23.7 Å². The summed E-state index contributed by atoms with van der Waals surface area (Å²) in [5.74, 6) is 0.340. The molecule has 0 saturated heterocycles. The van der Waals surface area contributed by atoms with E-state index in [4.69, 9.17) is 0 Å². The second-order valence-electron chi connectivity index (χ2n) is 4.84. The summed E-state index contributed by atoms with van der Waals surface area (Å²) in [4.78, 5) is 11.3. The molecule has 1 fully saturated rings. The Morgan fingerprint density at radius 3 is 2.74 bits per heavy atom. The first-order chi connectivity index (χ1) is 9.20. The molecule has 1 aliphatic carbocycles. The van der Waals surface area contributed by atoms with Gasteiger partial charge in [-0.2, -0.15) is 0 Å². The van der Waals surface area contributed by atoms with E-state index in [1.807, 2.05) is 0 Å². The Morgan fingerprint density at radius 2 is 2.05 bits per heavy atom. The molecule has 1 heterocycles. The molecule has 1 aromatic heterocycles. The Bertz CT molecular complexity index is 421. The third-order valence-corrected chi connectivity index (χ3v) is 3.44. The van der Waals surface area contributed by atoms with E-state index in [1.54, 1.807) is 19.2 Å². The second-order valence-corrected chi connectivity index (χ2v) is 4.84. The zero-order chi connectivity index (χ0) is 13.7. The van der Waals surface area contributed by atoms with E-state index in [0.717, 1.165) is 32.1 Å². The summed E-state index contributed by atoms with van der Waals surface area (Å²) in [5.41, 5.74) is 0.287. The summed E-state index contributed by atoms with van der Waals surface area (Å²) in [5, 5.41) is 23.5. The number of nitrogens with zero attached hydrogens (tertiary/aromatic N) is 2. The number of anilines is 1. The molecule has 1 aromatic rings. The molecule has 2 atom stereocenters. The minimum atomic E-state index is -0.345. The Labute approximate surface area is 112 Å². The highest BCUT2D eigenvalue weighted by Gasteiger charge is 2.21. The standard InChI is InChI=1S/C13H20N4O2/c1-14-13(19)10-7-8-12(17-16-10)15-9-5-3-2-4-6-11(9)18/h7-9,11,18H,2-6H2,1H3,(H,14,19)(H,15,17). The van der Waals surface area contributed by atoms with Crippen molar-refractivity contribution in [2.24, 2.45) is 0 Å². The molecular weight excluding hydrogens is 244 g/mol. The molecule has 0 aliphatic heterocycles. The first kappa shape index (κ1) is 13.7. The number of hydrogen-bond acceptors (Lipinski definition) is 5. The average molecular weight is 264 g/mol. The van der Waals surface area contributed by atoms with Crippen LogP contribution in [0.1, 0.15) is 42.6 Å². The Kier molecular flexibility index (Phi) is 4.68. The van der Waals surface area contributed by atoms with Crippen molar-refractivity contribution >= 4 is 11.7 Å². The SMILES string of the molecule is CNC(=O)c1ccc(NC2CCCCCC2O)nn1. The van der Waals surface area contributed by atoms with E-state index in [2.05, 4.69) is 20.8 Å². The molecule has 1 saturated carbocycles. The normalized spacial score (nSPS) is 23.5.